The third kappa shape index (κ3) is 1.75. The van der Waals surface area contributed by atoms with Crippen molar-refractivity contribution >= 4 is 28.9 Å². The zero-order valence-electron chi connectivity index (χ0n) is 11.2. The number of alkyl halides is 3. The lowest BCUT2D eigenvalue weighted by atomic mass is 10.0. The molecule has 0 aromatic heterocycles. The van der Waals surface area contributed by atoms with Gasteiger partial charge in [0, 0.05) is 5.92 Å². The normalized spacial score (nSPS) is 29.7. The highest BCUT2D eigenvalue weighted by molar-refractivity contribution is 7.80. The molecule has 2 heterocycles. The lowest BCUT2D eigenvalue weighted by Gasteiger charge is -2.25. The second-order valence-electron chi connectivity index (χ2n) is 5.71. The molecule has 2 unspecified atom stereocenters. The highest BCUT2D eigenvalue weighted by Gasteiger charge is 2.55. The van der Waals surface area contributed by atoms with E-state index in [1.165, 1.54) is 17.0 Å². The van der Waals surface area contributed by atoms with Crippen molar-refractivity contribution < 1.29 is 18.0 Å². The van der Waals surface area contributed by atoms with Crippen LogP contribution in [0.4, 0.5) is 18.9 Å². The van der Waals surface area contributed by atoms with Crippen molar-refractivity contribution in [1.82, 2.24) is 4.90 Å². The molecule has 3 nitrogen and oxygen atoms in total. The van der Waals surface area contributed by atoms with Gasteiger partial charge in [0.1, 0.15) is 6.04 Å². The van der Waals surface area contributed by atoms with E-state index in [9.17, 15) is 18.0 Å². The quantitative estimate of drug-likeness (QED) is 0.586. The molecule has 0 N–H and O–H groups in total. The number of carbonyl (C=O) groups is 1. The average Bonchev–Trinajstić information content (AvgIpc) is 3.12. The van der Waals surface area contributed by atoms with Crippen molar-refractivity contribution in [3.8, 4) is 0 Å². The fourth-order valence-electron chi connectivity index (χ4n) is 3.52. The molecule has 1 aliphatic carbocycles. The van der Waals surface area contributed by atoms with Crippen LogP contribution in [0.2, 0.25) is 0 Å². The van der Waals surface area contributed by atoms with E-state index in [-0.39, 0.29) is 29.6 Å². The minimum atomic E-state index is -4.45. The Kier molecular flexibility index (Phi) is 2.70. The van der Waals surface area contributed by atoms with Gasteiger partial charge in [-0.3, -0.25) is 9.69 Å². The van der Waals surface area contributed by atoms with Gasteiger partial charge in [-0.05, 0) is 36.8 Å². The molecule has 2 aliphatic heterocycles. The summed E-state index contributed by atoms with van der Waals surface area (Å²) < 4.78 is 38.6. The molecule has 3 atom stereocenters. The van der Waals surface area contributed by atoms with Gasteiger partial charge in [0.25, 0.3) is 5.91 Å². The van der Waals surface area contributed by atoms with Crippen LogP contribution in [-0.2, 0) is 11.0 Å². The predicted octanol–water partition coefficient (Wildman–Crippen LogP) is 2.97. The lowest BCUT2D eigenvalue weighted by molar-refractivity contribution is -0.137. The number of rotatable bonds is 1. The molecule has 0 radical (unpaired) electrons. The minimum Gasteiger partial charge on any atom is -0.329 e. The molecule has 22 heavy (non-hydrogen) atoms. The maximum atomic E-state index is 12.9. The van der Waals surface area contributed by atoms with E-state index < -0.39 is 11.7 Å². The molecule has 1 amide bonds. The summed E-state index contributed by atoms with van der Waals surface area (Å²) in [5.74, 6) is -0.132. The van der Waals surface area contributed by atoms with E-state index in [4.69, 9.17) is 12.2 Å². The van der Waals surface area contributed by atoms with Gasteiger partial charge in [-0.15, -0.1) is 0 Å². The first-order valence-corrected chi connectivity index (χ1v) is 7.30. The van der Waals surface area contributed by atoms with Gasteiger partial charge in [0.05, 0.1) is 17.3 Å². The van der Waals surface area contributed by atoms with Gasteiger partial charge >= 0.3 is 6.18 Å². The summed E-state index contributed by atoms with van der Waals surface area (Å²) in [6.07, 6.45) is 0.419. The maximum Gasteiger partial charge on any atom is 0.416 e. The van der Waals surface area contributed by atoms with Crippen LogP contribution in [0.3, 0.4) is 0 Å². The number of hydrogen-bond acceptors (Lipinski definition) is 2. The first-order valence-electron chi connectivity index (χ1n) is 6.90. The van der Waals surface area contributed by atoms with E-state index in [1.54, 1.807) is 0 Å². The number of thiocarbonyl (C=S) groups is 1. The molecule has 0 saturated carbocycles. The van der Waals surface area contributed by atoms with E-state index in [1.807, 2.05) is 17.1 Å². The average molecular weight is 324 g/mol. The van der Waals surface area contributed by atoms with Crippen LogP contribution in [0.5, 0.6) is 0 Å². The van der Waals surface area contributed by atoms with Gasteiger partial charge in [-0.25, -0.2) is 0 Å². The SMILES string of the molecule is O=C1[C@H]2C3C=CC(C3)N2C(=S)N1c1cccc(C(F)(F)F)c1. The zero-order valence-corrected chi connectivity index (χ0v) is 12.1. The first-order chi connectivity index (χ1) is 10.4. The van der Waals surface area contributed by atoms with Crippen molar-refractivity contribution in [3.63, 3.8) is 0 Å². The standard InChI is InChI=1S/C15H11F3N2OS/c16-15(17,18)9-2-1-3-10(7-9)20-13(21)12-8-4-5-11(6-8)19(12)14(20)22/h1-5,7-8,11-12H,6H2/t8?,11?,12-/m1/s1. The molecule has 114 valence electrons. The van der Waals surface area contributed by atoms with Crippen LogP contribution in [0.15, 0.2) is 36.4 Å². The van der Waals surface area contributed by atoms with Gasteiger partial charge < -0.3 is 4.90 Å². The number of halogens is 3. The third-order valence-corrected chi connectivity index (χ3v) is 4.87. The minimum absolute atomic E-state index is 0.0854. The number of anilines is 1. The largest absolute Gasteiger partial charge is 0.416 e. The maximum absolute atomic E-state index is 12.9. The van der Waals surface area contributed by atoms with E-state index in [2.05, 4.69) is 0 Å². The predicted molar refractivity (Wildman–Crippen MR) is 78.2 cm³/mol. The molecular weight excluding hydrogens is 313 g/mol. The Morgan fingerprint density at radius 2 is 2.00 bits per heavy atom. The fourth-order valence-corrected chi connectivity index (χ4v) is 3.97. The Bertz CT molecular complexity index is 685. The van der Waals surface area contributed by atoms with E-state index in [0.29, 0.717) is 5.11 Å². The summed E-state index contributed by atoms with van der Waals surface area (Å²) in [6, 6.07) is 4.46. The van der Waals surface area contributed by atoms with Crippen LogP contribution in [-0.4, -0.2) is 28.0 Å². The Balaban J connectivity index is 1.73. The van der Waals surface area contributed by atoms with Gasteiger partial charge in [-0.1, -0.05) is 18.2 Å². The highest BCUT2D eigenvalue weighted by atomic mass is 32.1. The molecule has 0 spiro atoms. The van der Waals surface area contributed by atoms with Gasteiger partial charge in [0.15, 0.2) is 5.11 Å². The van der Waals surface area contributed by atoms with Gasteiger partial charge in [0.2, 0.25) is 0 Å². The first kappa shape index (κ1) is 13.8. The molecule has 2 bridgehead atoms. The summed E-state index contributed by atoms with van der Waals surface area (Å²) >= 11 is 5.35. The molecule has 7 heteroatoms. The molecular formula is C15H11F3N2OS. The molecule has 2 saturated heterocycles. The Hall–Kier alpha value is -1.89. The number of hydrogen-bond donors (Lipinski definition) is 0. The molecule has 2 fully saturated rings. The second kappa shape index (κ2) is 4.32. The number of nitrogens with zero attached hydrogens (tertiary/aromatic N) is 2. The van der Waals surface area contributed by atoms with Crippen LogP contribution in [0, 0.1) is 5.92 Å². The number of fused-ring (bicyclic) bond motifs is 5. The summed E-state index contributed by atoms with van der Waals surface area (Å²) in [6.45, 7) is 0. The molecule has 3 aliphatic rings. The van der Waals surface area contributed by atoms with Crippen LogP contribution >= 0.6 is 12.2 Å². The van der Waals surface area contributed by atoms with Crippen LogP contribution in [0.1, 0.15) is 12.0 Å². The van der Waals surface area contributed by atoms with Crippen molar-refractivity contribution in [2.75, 3.05) is 4.90 Å². The molecule has 1 aromatic rings. The van der Waals surface area contributed by atoms with Crippen LogP contribution < -0.4 is 4.90 Å². The summed E-state index contributed by atoms with van der Waals surface area (Å²) in [7, 11) is 0. The Morgan fingerprint density at radius 1 is 1.23 bits per heavy atom. The summed E-state index contributed by atoms with van der Waals surface area (Å²) in [4.78, 5) is 15.7. The third-order valence-electron chi connectivity index (χ3n) is 4.47. The lowest BCUT2D eigenvalue weighted by Crippen LogP contribution is -2.38. The monoisotopic (exact) mass is 324 g/mol. The van der Waals surface area contributed by atoms with Crippen molar-refractivity contribution in [2.45, 2.75) is 24.7 Å². The van der Waals surface area contributed by atoms with E-state index in [0.717, 1.165) is 18.6 Å². The van der Waals surface area contributed by atoms with Crippen molar-refractivity contribution in [1.29, 1.82) is 0 Å². The molecule has 1 aromatic carbocycles. The van der Waals surface area contributed by atoms with E-state index >= 15 is 0 Å². The molecule has 4 rings (SSSR count). The topological polar surface area (TPSA) is 23.6 Å². The van der Waals surface area contributed by atoms with Gasteiger partial charge in [-0.2, -0.15) is 13.2 Å². The number of carbonyl (C=O) groups excluding carboxylic acids is 1. The van der Waals surface area contributed by atoms with Crippen molar-refractivity contribution in [3.05, 3.63) is 42.0 Å². The summed E-state index contributed by atoms with van der Waals surface area (Å²) in [5, 5.41) is 0.297. The number of benzene rings is 1. The van der Waals surface area contributed by atoms with Crippen LogP contribution in [0.25, 0.3) is 0 Å². The highest BCUT2D eigenvalue weighted by Crippen LogP contribution is 2.44. The Labute approximate surface area is 130 Å². The zero-order chi connectivity index (χ0) is 15.6. The number of amides is 1. The smallest absolute Gasteiger partial charge is 0.329 e. The summed E-state index contributed by atoms with van der Waals surface area (Å²) in [5.41, 5.74) is -0.604. The Morgan fingerprint density at radius 3 is 2.68 bits per heavy atom. The fraction of sp³-hybridized carbons (Fsp3) is 0.333. The van der Waals surface area contributed by atoms with Crippen molar-refractivity contribution in [2.24, 2.45) is 5.92 Å². The second-order valence-corrected chi connectivity index (χ2v) is 6.07.